The zero-order valence-corrected chi connectivity index (χ0v) is 20.6. The van der Waals surface area contributed by atoms with Crippen LogP contribution in [0.3, 0.4) is 0 Å². The SMILES string of the molecule is CC(=NNC(=O)CSc1nc2ccccc2n1Cc1ccccc1Cl)c1ccc(Cl)c(Cl)c1. The third-order valence-corrected chi connectivity index (χ3v) is 7.01. The van der Waals surface area contributed by atoms with Crippen LogP contribution in [0.4, 0.5) is 0 Å². The molecule has 0 atom stereocenters. The minimum Gasteiger partial charge on any atom is -0.314 e. The van der Waals surface area contributed by atoms with Crippen molar-refractivity contribution in [1.29, 1.82) is 0 Å². The van der Waals surface area contributed by atoms with Gasteiger partial charge in [-0.2, -0.15) is 5.10 Å². The van der Waals surface area contributed by atoms with Crippen LogP contribution in [-0.2, 0) is 11.3 Å². The molecule has 1 amide bonds. The Bertz CT molecular complexity index is 1350. The molecule has 0 radical (unpaired) electrons. The minimum atomic E-state index is -0.240. The van der Waals surface area contributed by atoms with Crippen LogP contribution in [0.5, 0.6) is 0 Å². The highest BCUT2D eigenvalue weighted by atomic mass is 35.5. The Labute approximate surface area is 210 Å². The molecule has 33 heavy (non-hydrogen) atoms. The van der Waals surface area contributed by atoms with E-state index in [0.29, 0.717) is 27.3 Å². The monoisotopic (exact) mass is 516 g/mol. The summed E-state index contributed by atoms with van der Waals surface area (Å²) < 4.78 is 2.07. The summed E-state index contributed by atoms with van der Waals surface area (Å²) in [7, 11) is 0. The van der Waals surface area contributed by atoms with Crippen LogP contribution in [0, 0.1) is 0 Å². The van der Waals surface area contributed by atoms with E-state index in [1.165, 1.54) is 11.8 Å². The highest BCUT2D eigenvalue weighted by molar-refractivity contribution is 7.99. The fourth-order valence-electron chi connectivity index (χ4n) is 3.21. The number of halogens is 3. The molecule has 0 aliphatic rings. The number of carbonyl (C=O) groups excluding carboxylic acids is 1. The summed E-state index contributed by atoms with van der Waals surface area (Å²) in [6.45, 7) is 2.34. The van der Waals surface area contributed by atoms with Gasteiger partial charge in [-0.25, -0.2) is 10.4 Å². The van der Waals surface area contributed by atoms with Crippen molar-refractivity contribution in [3.63, 3.8) is 0 Å². The number of hydrazone groups is 1. The van der Waals surface area contributed by atoms with Crippen LogP contribution in [-0.4, -0.2) is 26.9 Å². The number of amides is 1. The lowest BCUT2D eigenvalue weighted by atomic mass is 10.1. The topological polar surface area (TPSA) is 59.3 Å². The van der Waals surface area contributed by atoms with Gasteiger partial charge in [-0.3, -0.25) is 4.79 Å². The molecule has 0 aliphatic heterocycles. The molecule has 0 aliphatic carbocycles. The lowest BCUT2D eigenvalue weighted by Gasteiger charge is -2.10. The molecule has 4 rings (SSSR count). The van der Waals surface area contributed by atoms with Gasteiger partial charge in [0.25, 0.3) is 5.91 Å². The number of rotatable bonds is 7. The Hall–Kier alpha value is -2.51. The second-order valence-electron chi connectivity index (χ2n) is 7.21. The largest absolute Gasteiger partial charge is 0.314 e. The van der Waals surface area contributed by atoms with Crippen molar-refractivity contribution >= 4 is 69.2 Å². The summed E-state index contributed by atoms with van der Waals surface area (Å²) in [5, 5.41) is 6.50. The second-order valence-corrected chi connectivity index (χ2v) is 9.37. The number of fused-ring (bicyclic) bond motifs is 1. The van der Waals surface area contributed by atoms with Gasteiger partial charge in [-0.15, -0.1) is 0 Å². The molecule has 4 aromatic rings. The van der Waals surface area contributed by atoms with Crippen LogP contribution in [0.25, 0.3) is 11.0 Å². The van der Waals surface area contributed by atoms with Crippen molar-refractivity contribution in [2.24, 2.45) is 5.10 Å². The van der Waals surface area contributed by atoms with Crippen LogP contribution in [0.15, 0.2) is 77.0 Å². The highest BCUT2D eigenvalue weighted by Crippen LogP contribution is 2.27. The molecular formula is C24H19Cl3N4OS. The molecule has 1 heterocycles. The maximum absolute atomic E-state index is 12.5. The fourth-order valence-corrected chi connectivity index (χ4v) is 4.51. The molecule has 9 heteroatoms. The molecule has 0 saturated heterocycles. The van der Waals surface area contributed by atoms with E-state index in [4.69, 9.17) is 39.8 Å². The zero-order valence-electron chi connectivity index (χ0n) is 17.6. The molecule has 0 fully saturated rings. The minimum absolute atomic E-state index is 0.157. The smallest absolute Gasteiger partial charge is 0.250 e. The van der Waals surface area contributed by atoms with E-state index in [1.807, 2.05) is 48.5 Å². The molecule has 1 aromatic heterocycles. The molecule has 168 valence electrons. The number of hydrogen-bond donors (Lipinski definition) is 1. The Balaban J connectivity index is 1.48. The van der Waals surface area contributed by atoms with E-state index in [1.54, 1.807) is 25.1 Å². The quantitative estimate of drug-likeness (QED) is 0.169. The molecule has 0 spiro atoms. The highest BCUT2D eigenvalue weighted by Gasteiger charge is 2.14. The van der Waals surface area contributed by atoms with Gasteiger partial charge in [0.2, 0.25) is 0 Å². The summed E-state index contributed by atoms with van der Waals surface area (Å²) in [6, 6.07) is 20.8. The first-order valence-electron chi connectivity index (χ1n) is 10.0. The van der Waals surface area contributed by atoms with E-state index in [9.17, 15) is 4.79 Å². The van der Waals surface area contributed by atoms with Crippen molar-refractivity contribution in [1.82, 2.24) is 15.0 Å². The number of para-hydroxylation sites is 2. The number of nitrogens with zero attached hydrogens (tertiary/aromatic N) is 3. The molecule has 1 N–H and O–H groups in total. The first-order valence-corrected chi connectivity index (χ1v) is 12.1. The zero-order chi connectivity index (χ0) is 23.4. The average molecular weight is 518 g/mol. The van der Waals surface area contributed by atoms with Gasteiger partial charge in [0.15, 0.2) is 5.16 Å². The summed E-state index contributed by atoms with van der Waals surface area (Å²) in [4.78, 5) is 17.2. The van der Waals surface area contributed by atoms with Crippen molar-refractivity contribution in [2.75, 3.05) is 5.75 Å². The Morgan fingerprint density at radius 1 is 1.00 bits per heavy atom. The van der Waals surface area contributed by atoms with Crippen molar-refractivity contribution < 1.29 is 4.79 Å². The van der Waals surface area contributed by atoms with E-state index in [0.717, 1.165) is 27.3 Å². The number of nitrogens with one attached hydrogen (secondary N) is 1. The average Bonchev–Trinajstić information content (AvgIpc) is 3.16. The third-order valence-electron chi connectivity index (χ3n) is 4.92. The lowest BCUT2D eigenvalue weighted by molar-refractivity contribution is -0.118. The summed E-state index contributed by atoms with van der Waals surface area (Å²) in [5.41, 5.74) is 6.82. The van der Waals surface area contributed by atoms with Gasteiger partial charge < -0.3 is 4.57 Å². The first kappa shape index (κ1) is 23.6. The number of aromatic nitrogens is 2. The Morgan fingerprint density at radius 2 is 1.76 bits per heavy atom. The van der Waals surface area contributed by atoms with Gasteiger partial charge in [0, 0.05) is 5.02 Å². The summed E-state index contributed by atoms with van der Waals surface area (Å²) in [5.74, 6) is -0.0833. The van der Waals surface area contributed by atoms with Crippen LogP contribution >= 0.6 is 46.6 Å². The number of imidazole rings is 1. The molecule has 0 unspecified atom stereocenters. The number of carbonyl (C=O) groups is 1. The molecule has 0 saturated carbocycles. The van der Waals surface area contributed by atoms with Gasteiger partial charge >= 0.3 is 0 Å². The lowest BCUT2D eigenvalue weighted by Crippen LogP contribution is -2.21. The number of thioether (sulfide) groups is 1. The van der Waals surface area contributed by atoms with Gasteiger partial charge in [-0.05, 0) is 48.4 Å². The molecule has 0 bridgehead atoms. The van der Waals surface area contributed by atoms with Gasteiger partial charge in [0.1, 0.15) is 0 Å². The first-order chi connectivity index (χ1) is 15.9. The molecule has 3 aromatic carbocycles. The van der Waals surface area contributed by atoms with E-state index in [-0.39, 0.29) is 11.7 Å². The predicted octanol–water partition coefficient (Wildman–Crippen LogP) is 6.68. The summed E-state index contributed by atoms with van der Waals surface area (Å²) >= 11 is 19.7. The van der Waals surface area contributed by atoms with E-state index >= 15 is 0 Å². The second kappa shape index (κ2) is 10.6. The summed E-state index contributed by atoms with van der Waals surface area (Å²) in [6.07, 6.45) is 0. The maximum Gasteiger partial charge on any atom is 0.250 e. The van der Waals surface area contributed by atoms with E-state index < -0.39 is 0 Å². The maximum atomic E-state index is 12.5. The van der Waals surface area contributed by atoms with Crippen molar-refractivity contribution in [3.05, 3.63) is 92.9 Å². The fraction of sp³-hybridized carbons (Fsp3) is 0.125. The number of benzene rings is 3. The van der Waals surface area contributed by atoms with Crippen LogP contribution in [0.2, 0.25) is 15.1 Å². The normalized spacial score (nSPS) is 11.7. The Kier molecular flexibility index (Phi) is 7.60. The van der Waals surface area contributed by atoms with Crippen molar-refractivity contribution in [3.8, 4) is 0 Å². The number of hydrogen-bond acceptors (Lipinski definition) is 4. The predicted molar refractivity (Wildman–Crippen MR) is 138 cm³/mol. The van der Waals surface area contributed by atoms with Gasteiger partial charge in [-0.1, -0.05) is 83.0 Å². The standard InChI is InChI=1S/C24H19Cl3N4OS/c1-15(16-10-11-19(26)20(27)12-16)29-30-23(32)14-33-24-28-21-8-4-5-9-22(21)31(24)13-17-6-2-3-7-18(17)25/h2-12H,13-14H2,1H3,(H,30,32). The molecular weight excluding hydrogens is 499 g/mol. The molecule has 5 nitrogen and oxygen atoms in total. The van der Waals surface area contributed by atoms with Crippen LogP contribution in [0.1, 0.15) is 18.1 Å². The van der Waals surface area contributed by atoms with Crippen LogP contribution < -0.4 is 5.43 Å². The van der Waals surface area contributed by atoms with E-state index in [2.05, 4.69) is 15.1 Å². The third kappa shape index (κ3) is 5.71. The Morgan fingerprint density at radius 3 is 2.55 bits per heavy atom. The van der Waals surface area contributed by atoms with Crippen molar-refractivity contribution in [2.45, 2.75) is 18.6 Å². The van der Waals surface area contributed by atoms with Gasteiger partial charge in [0.05, 0.1) is 39.1 Å².